The third-order valence-corrected chi connectivity index (χ3v) is 5.71. The predicted molar refractivity (Wildman–Crippen MR) is 93.7 cm³/mol. The number of aromatic nitrogens is 1. The van der Waals surface area contributed by atoms with Gasteiger partial charge in [-0.2, -0.15) is 0 Å². The molecule has 6 heteroatoms. The van der Waals surface area contributed by atoms with Crippen molar-refractivity contribution in [2.24, 2.45) is 0 Å². The maximum absolute atomic E-state index is 6.23. The van der Waals surface area contributed by atoms with Gasteiger partial charge in [-0.15, -0.1) is 11.3 Å². The summed E-state index contributed by atoms with van der Waals surface area (Å²) in [4.78, 5) is 4.04. The lowest BCUT2D eigenvalue weighted by Crippen LogP contribution is -2.24. The van der Waals surface area contributed by atoms with Crippen molar-refractivity contribution in [3.05, 3.63) is 48.2 Å². The van der Waals surface area contributed by atoms with Crippen LogP contribution in [0.4, 0.5) is 0 Å². The first-order chi connectivity index (χ1) is 9.61. The zero-order chi connectivity index (χ0) is 14.5. The molecule has 2 rings (SSSR count). The van der Waals surface area contributed by atoms with Crippen LogP contribution in [-0.2, 0) is 6.42 Å². The molecule has 0 saturated heterocycles. The van der Waals surface area contributed by atoms with E-state index in [2.05, 4.69) is 55.2 Å². The van der Waals surface area contributed by atoms with Gasteiger partial charge in [0.2, 0.25) is 0 Å². The summed E-state index contributed by atoms with van der Waals surface area (Å²) in [5.41, 5.74) is 2.38. The summed E-state index contributed by atoms with van der Waals surface area (Å²) < 4.78 is 2.28. The van der Waals surface area contributed by atoms with Crippen LogP contribution in [0.15, 0.2) is 32.1 Å². The van der Waals surface area contributed by atoms with Crippen molar-refractivity contribution in [2.75, 3.05) is 6.54 Å². The van der Waals surface area contributed by atoms with Crippen LogP contribution in [0, 0.1) is 0 Å². The summed E-state index contributed by atoms with van der Waals surface area (Å²) in [6.45, 7) is 3.15. The fourth-order valence-electron chi connectivity index (χ4n) is 1.99. The molecule has 108 valence electrons. The first kappa shape index (κ1) is 16.4. The molecule has 0 aliphatic rings. The van der Waals surface area contributed by atoms with E-state index in [0.29, 0.717) is 0 Å². The third kappa shape index (κ3) is 4.28. The van der Waals surface area contributed by atoms with Crippen molar-refractivity contribution in [2.45, 2.75) is 25.8 Å². The molecule has 2 heterocycles. The van der Waals surface area contributed by atoms with E-state index in [-0.39, 0.29) is 6.04 Å². The largest absolute Gasteiger partial charge is 0.310 e. The van der Waals surface area contributed by atoms with Gasteiger partial charge in [-0.25, -0.2) is 0 Å². The number of hydrogen-bond acceptors (Lipinski definition) is 3. The van der Waals surface area contributed by atoms with Gasteiger partial charge in [0.15, 0.2) is 0 Å². The fourth-order valence-corrected chi connectivity index (χ4v) is 5.16. The van der Waals surface area contributed by atoms with E-state index >= 15 is 0 Å². The van der Waals surface area contributed by atoms with Gasteiger partial charge in [-0.05, 0) is 74.5 Å². The van der Waals surface area contributed by atoms with Gasteiger partial charge in [0.25, 0.3) is 0 Å². The molecule has 2 aromatic heterocycles. The van der Waals surface area contributed by atoms with Gasteiger partial charge in [-0.3, -0.25) is 4.98 Å². The number of thiophene rings is 1. The van der Waals surface area contributed by atoms with E-state index in [9.17, 15) is 0 Å². The smallest absolute Gasteiger partial charge is 0.0758 e. The minimum Gasteiger partial charge on any atom is -0.310 e. The summed E-state index contributed by atoms with van der Waals surface area (Å²) in [5, 5.41) is 4.32. The molecule has 2 nitrogen and oxygen atoms in total. The predicted octanol–water partition coefficient (Wildman–Crippen LogP) is 5.60. The summed E-state index contributed by atoms with van der Waals surface area (Å²) in [7, 11) is 0. The average Bonchev–Trinajstić information content (AvgIpc) is 2.75. The molecule has 20 heavy (non-hydrogen) atoms. The minimum atomic E-state index is 0.242. The monoisotopic (exact) mass is 436 g/mol. The lowest BCUT2D eigenvalue weighted by Gasteiger charge is -2.19. The zero-order valence-corrected chi connectivity index (χ0v) is 15.7. The van der Waals surface area contributed by atoms with Crippen LogP contribution in [-0.4, -0.2) is 11.5 Å². The van der Waals surface area contributed by atoms with Crippen LogP contribution in [0.3, 0.4) is 0 Å². The lowest BCUT2D eigenvalue weighted by molar-refractivity contribution is 0.529. The van der Waals surface area contributed by atoms with E-state index < -0.39 is 0 Å². The first-order valence-electron chi connectivity index (χ1n) is 6.38. The molecule has 0 fully saturated rings. The standard InChI is InChI=1S/C14H15Br2ClN2S/c1-2-4-19-12(10-7-13(15)20-14(10)16)6-9-3-5-18-8-11(9)17/h3,5,7-8,12,19H,2,4,6H2,1H3. The summed E-state index contributed by atoms with van der Waals surface area (Å²) in [6.07, 6.45) is 5.44. The van der Waals surface area contributed by atoms with Crippen molar-refractivity contribution in [3.8, 4) is 0 Å². The second-order valence-corrected chi connectivity index (χ2v) is 8.61. The number of nitrogens with one attached hydrogen (secondary N) is 1. The van der Waals surface area contributed by atoms with Gasteiger partial charge in [0.05, 0.1) is 12.6 Å². The average molecular weight is 439 g/mol. The summed E-state index contributed by atoms with van der Waals surface area (Å²) >= 11 is 15.1. The van der Waals surface area contributed by atoms with E-state index in [1.807, 2.05) is 6.07 Å². The quantitative estimate of drug-likeness (QED) is 0.635. The molecule has 0 radical (unpaired) electrons. The van der Waals surface area contributed by atoms with Crippen LogP contribution >= 0.6 is 54.8 Å². The Morgan fingerprint density at radius 2 is 2.25 bits per heavy atom. The van der Waals surface area contributed by atoms with Crippen molar-refractivity contribution >= 4 is 54.8 Å². The number of pyridine rings is 1. The van der Waals surface area contributed by atoms with Crippen LogP contribution in [0.5, 0.6) is 0 Å². The van der Waals surface area contributed by atoms with Crippen LogP contribution < -0.4 is 5.32 Å². The molecule has 0 spiro atoms. The SMILES string of the molecule is CCCNC(Cc1ccncc1Cl)c1cc(Br)sc1Br. The van der Waals surface area contributed by atoms with E-state index in [4.69, 9.17) is 11.6 Å². The highest BCUT2D eigenvalue weighted by Crippen LogP contribution is 2.37. The first-order valence-corrected chi connectivity index (χ1v) is 9.16. The van der Waals surface area contributed by atoms with Crippen molar-refractivity contribution in [1.29, 1.82) is 0 Å². The third-order valence-electron chi connectivity index (χ3n) is 2.98. The zero-order valence-electron chi connectivity index (χ0n) is 11.0. The van der Waals surface area contributed by atoms with Crippen LogP contribution in [0.2, 0.25) is 5.02 Å². The molecule has 2 aromatic rings. The van der Waals surface area contributed by atoms with E-state index in [1.54, 1.807) is 23.7 Å². The summed E-state index contributed by atoms with van der Waals surface area (Å²) in [5.74, 6) is 0. The molecule has 0 saturated carbocycles. The van der Waals surface area contributed by atoms with Crippen molar-refractivity contribution in [1.82, 2.24) is 10.3 Å². The molecule has 0 aliphatic heterocycles. The Balaban J connectivity index is 2.24. The number of nitrogens with zero attached hydrogens (tertiary/aromatic N) is 1. The van der Waals surface area contributed by atoms with Crippen LogP contribution in [0.25, 0.3) is 0 Å². The molecule has 0 aromatic carbocycles. The van der Waals surface area contributed by atoms with Gasteiger partial charge in [0.1, 0.15) is 0 Å². The van der Waals surface area contributed by atoms with E-state index in [0.717, 1.165) is 37.5 Å². The topological polar surface area (TPSA) is 24.9 Å². The molecule has 0 aliphatic carbocycles. The second kappa shape index (κ2) is 7.90. The number of halogens is 3. The van der Waals surface area contributed by atoms with Crippen molar-refractivity contribution < 1.29 is 0 Å². The molecular weight excluding hydrogens is 423 g/mol. The van der Waals surface area contributed by atoms with Gasteiger partial charge in [-0.1, -0.05) is 18.5 Å². The normalized spacial score (nSPS) is 12.6. The minimum absolute atomic E-state index is 0.242. The van der Waals surface area contributed by atoms with Gasteiger partial charge < -0.3 is 5.32 Å². The Morgan fingerprint density at radius 1 is 1.45 bits per heavy atom. The maximum Gasteiger partial charge on any atom is 0.0758 e. The Bertz CT molecular complexity index is 574. The number of rotatable bonds is 6. The Hall–Kier alpha value is 0.0600. The highest BCUT2D eigenvalue weighted by Gasteiger charge is 2.18. The molecule has 0 bridgehead atoms. The lowest BCUT2D eigenvalue weighted by atomic mass is 10.0. The summed E-state index contributed by atoms with van der Waals surface area (Å²) in [6, 6.07) is 4.39. The Labute approximate surface area is 145 Å². The van der Waals surface area contributed by atoms with E-state index in [1.165, 1.54) is 5.56 Å². The highest BCUT2D eigenvalue weighted by atomic mass is 79.9. The Kier molecular flexibility index (Phi) is 6.49. The highest BCUT2D eigenvalue weighted by molar-refractivity contribution is 9.12. The second-order valence-electron chi connectivity index (χ2n) is 4.46. The van der Waals surface area contributed by atoms with Crippen molar-refractivity contribution in [3.63, 3.8) is 0 Å². The maximum atomic E-state index is 6.23. The Morgan fingerprint density at radius 3 is 2.85 bits per heavy atom. The molecular formula is C14H15Br2ClN2S. The van der Waals surface area contributed by atoms with Gasteiger partial charge >= 0.3 is 0 Å². The molecule has 1 unspecified atom stereocenters. The van der Waals surface area contributed by atoms with Gasteiger partial charge in [0, 0.05) is 18.4 Å². The van der Waals surface area contributed by atoms with Crippen LogP contribution in [0.1, 0.15) is 30.5 Å². The molecule has 0 amide bonds. The molecule has 1 N–H and O–H groups in total. The number of hydrogen-bond donors (Lipinski definition) is 1. The molecule has 1 atom stereocenters. The fraction of sp³-hybridized carbons (Fsp3) is 0.357.